The first kappa shape index (κ1) is 25.6. The molecule has 0 aromatic heterocycles. The van der Waals surface area contributed by atoms with Crippen LogP contribution in [0, 0.1) is 11.6 Å². The summed E-state index contributed by atoms with van der Waals surface area (Å²) in [6.07, 6.45) is -5.40. The molecule has 34 heavy (non-hydrogen) atoms. The normalized spacial score (nSPS) is 16.2. The largest absolute Gasteiger partial charge is 0.573 e. The fraction of sp³-hybridized carbons (Fsp3) is 0.364. The van der Waals surface area contributed by atoms with E-state index < -0.39 is 41.4 Å². The third-order valence-electron chi connectivity index (χ3n) is 4.84. The van der Waals surface area contributed by atoms with Crippen LogP contribution in [-0.4, -0.2) is 54.6 Å². The summed E-state index contributed by atoms with van der Waals surface area (Å²) in [6.45, 7) is 2.05. The number of morpholine rings is 1. The van der Waals surface area contributed by atoms with Crippen molar-refractivity contribution in [2.24, 2.45) is 0 Å². The van der Waals surface area contributed by atoms with Crippen LogP contribution >= 0.6 is 12.2 Å². The topological polar surface area (TPSA) is 60.0 Å². The monoisotopic (exact) mass is 504 g/mol. The van der Waals surface area contributed by atoms with Gasteiger partial charge in [0, 0.05) is 25.1 Å². The smallest absolute Gasteiger partial charge is 0.485 e. The Hall–Kier alpha value is -2.99. The number of nitrogens with one attached hydrogen (secondary N) is 1. The molecule has 0 radical (unpaired) electrons. The molecule has 1 fully saturated rings. The Morgan fingerprint density at radius 2 is 1.91 bits per heavy atom. The fourth-order valence-electron chi connectivity index (χ4n) is 3.22. The number of para-hydroxylation sites is 2. The molecular formula is C22H21F5N2O4S. The molecule has 3 rings (SSSR count). The van der Waals surface area contributed by atoms with Crippen molar-refractivity contribution < 1.29 is 41.0 Å². The van der Waals surface area contributed by atoms with E-state index in [1.807, 2.05) is 0 Å². The number of rotatable bonds is 7. The lowest BCUT2D eigenvalue weighted by Crippen LogP contribution is -2.49. The van der Waals surface area contributed by atoms with Gasteiger partial charge in [0.2, 0.25) is 0 Å². The zero-order valence-corrected chi connectivity index (χ0v) is 18.8. The standard InChI is InChI=1S/C22H21F5N2O4S/c1-2-18(30)13-9-15(23)20(16(24)10-13)32-12-14-11-29(7-8-31-14)21(34)28-17-5-3-4-6-19(17)33-22(25,26)27/h3-6,9-10,14H,2,7-8,11-12H2,1H3,(H,28,34). The molecule has 6 nitrogen and oxygen atoms in total. The number of carbonyl (C=O) groups excluding carboxylic acids is 1. The van der Waals surface area contributed by atoms with Crippen molar-refractivity contribution in [3.63, 3.8) is 0 Å². The minimum atomic E-state index is -4.87. The van der Waals surface area contributed by atoms with Crippen LogP contribution in [0.3, 0.4) is 0 Å². The van der Waals surface area contributed by atoms with Crippen molar-refractivity contribution in [3.05, 3.63) is 53.6 Å². The zero-order valence-electron chi connectivity index (χ0n) is 18.0. The Bertz CT molecular complexity index is 1030. The van der Waals surface area contributed by atoms with Crippen molar-refractivity contribution in [2.45, 2.75) is 25.8 Å². The first-order valence-corrected chi connectivity index (χ1v) is 10.7. The molecule has 2 aromatic carbocycles. The molecule has 1 aliphatic heterocycles. The summed E-state index contributed by atoms with van der Waals surface area (Å²) in [4.78, 5) is 13.3. The summed E-state index contributed by atoms with van der Waals surface area (Å²) in [5.74, 6) is -3.50. The molecule has 1 N–H and O–H groups in total. The molecule has 2 aromatic rings. The highest BCUT2D eigenvalue weighted by Gasteiger charge is 2.32. The van der Waals surface area contributed by atoms with Crippen LogP contribution in [0.5, 0.6) is 11.5 Å². The van der Waals surface area contributed by atoms with E-state index in [1.165, 1.54) is 18.2 Å². The lowest BCUT2D eigenvalue weighted by Gasteiger charge is -2.34. The Balaban J connectivity index is 1.61. The average Bonchev–Trinajstić information content (AvgIpc) is 2.78. The number of nitrogens with zero attached hydrogens (tertiary/aromatic N) is 1. The number of thiocarbonyl (C=S) groups is 1. The number of hydrogen-bond donors (Lipinski definition) is 1. The van der Waals surface area contributed by atoms with Gasteiger partial charge in [0.1, 0.15) is 12.7 Å². The first-order valence-electron chi connectivity index (χ1n) is 10.2. The number of Topliss-reactive ketones (excluding diaryl/α,β-unsaturated/α-hetero) is 1. The van der Waals surface area contributed by atoms with E-state index in [0.717, 1.165) is 18.2 Å². The fourth-order valence-corrected chi connectivity index (χ4v) is 3.50. The van der Waals surface area contributed by atoms with Crippen LogP contribution in [0.4, 0.5) is 27.6 Å². The second kappa shape index (κ2) is 11.0. The maximum Gasteiger partial charge on any atom is 0.573 e. The number of benzene rings is 2. The maximum absolute atomic E-state index is 14.3. The molecule has 0 spiro atoms. The predicted octanol–water partition coefficient (Wildman–Crippen LogP) is 4.93. The van der Waals surface area contributed by atoms with Gasteiger partial charge in [-0.1, -0.05) is 19.1 Å². The quantitative estimate of drug-likeness (QED) is 0.326. The van der Waals surface area contributed by atoms with Crippen molar-refractivity contribution in [1.29, 1.82) is 0 Å². The minimum Gasteiger partial charge on any atom is -0.485 e. The number of halogens is 5. The van der Waals surface area contributed by atoms with E-state index in [-0.39, 0.29) is 42.5 Å². The van der Waals surface area contributed by atoms with Crippen LogP contribution in [0.25, 0.3) is 0 Å². The highest BCUT2D eigenvalue weighted by atomic mass is 32.1. The van der Waals surface area contributed by atoms with E-state index in [1.54, 1.807) is 11.8 Å². The van der Waals surface area contributed by atoms with Crippen LogP contribution < -0.4 is 14.8 Å². The van der Waals surface area contributed by atoms with Crippen molar-refractivity contribution >= 4 is 28.8 Å². The third kappa shape index (κ3) is 6.76. The van der Waals surface area contributed by atoms with Gasteiger partial charge < -0.3 is 24.4 Å². The summed E-state index contributed by atoms with van der Waals surface area (Å²) in [5, 5.41) is 2.84. The molecular weight excluding hydrogens is 483 g/mol. The van der Waals surface area contributed by atoms with E-state index in [2.05, 4.69) is 10.1 Å². The molecule has 184 valence electrons. The van der Waals surface area contributed by atoms with Crippen LogP contribution in [0.15, 0.2) is 36.4 Å². The Morgan fingerprint density at radius 1 is 1.24 bits per heavy atom. The molecule has 1 atom stereocenters. The molecule has 12 heteroatoms. The highest BCUT2D eigenvalue weighted by Crippen LogP contribution is 2.30. The average molecular weight is 504 g/mol. The summed E-state index contributed by atoms with van der Waals surface area (Å²) in [6, 6.07) is 7.27. The number of alkyl halides is 3. The SMILES string of the molecule is CCC(=O)c1cc(F)c(OCC2CN(C(=S)Nc3ccccc3OC(F)(F)F)CCO2)c(F)c1. The third-order valence-corrected chi connectivity index (χ3v) is 5.20. The van der Waals surface area contributed by atoms with Crippen LogP contribution in [-0.2, 0) is 4.74 Å². The number of ketones is 1. The molecule has 1 heterocycles. The van der Waals surface area contributed by atoms with Gasteiger partial charge in [0.25, 0.3) is 0 Å². The van der Waals surface area contributed by atoms with Gasteiger partial charge in [-0.2, -0.15) is 0 Å². The lowest BCUT2D eigenvalue weighted by molar-refractivity contribution is -0.274. The van der Waals surface area contributed by atoms with Gasteiger partial charge in [-0.05, 0) is 36.5 Å². The summed E-state index contributed by atoms with van der Waals surface area (Å²) in [7, 11) is 0. The van der Waals surface area contributed by atoms with E-state index >= 15 is 0 Å². The maximum atomic E-state index is 14.3. The minimum absolute atomic E-state index is 0.0231. The van der Waals surface area contributed by atoms with E-state index in [9.17, 15) is 26.7 Å². The lowest BCUT2D eigenvalue weighted by atomic mass is 10.1. The molecule has 0 amide bonds. The molecule has 1 saturated heterocycles. The van der Waals surface area contributed by atoms with E-state index in [4.69, 9.17) is 21.7 Å². The predicted molar refractivity (Wildman–Crippen MR) is 117 cm³/mol. The van der Waals surface area contributed by atoms with Gasteiger partial charge in [-0.15, -0.1) is 13.2 Å². The molecule has 0 aliphatic carbocycles. The van der Waals surface area contributed by atoms with Gasteiger partial charge in [-0.3, -0.25) is 4.79 Å². The number of anilines is 1. The van der Waals surface area contributed by atoms with Gasteiger partial charge in [0.15, 0.2) is 34.0 Å². The van der Waals surface area contributed by atoms with Gasteiger partial charge in [-0.25, -0.2) is 8.78 Å². The zero-order chi connectivity index (χ0) is 24.9. The number of carbonyl (C=O) groups is 1. The number of ether oxygens (including phenoxy) is 3. The molecule has 0 bridgehead atoms. The molecule has 0 saturated carbocycles. The Kier molecular flexibility index (Phi) is 8.26. The second-order valence-corrected chi connectivity index (χ2v) is 7.66. The van der Waals surface area contributed by atoms with Crippen molar-refractivity contribution in [3.8, 4) is 11.5 Å². The van der Waals surface area contributed by atoms with Crippen molar-refractivity contribution in [1.82, 2.24) is 4.90 Å². The highest BCUT2D eigenvalue weighted by molar-refractivity contribution is 7.80. The van der Waals surface area contributed by atoms with Crippen LogP contribution in [0.2, 0.25) is 0 Å². The van der Waals surface area contributed by atoms with Crippen molar-refractivity contribution in [2.75, 3.05) is 31.6 Å². The molecule has 1 unspecified atom stereocenters. The van der Waals surface area contributed by atoms with Gasteiger partial charge >= 0.3 is 6.36 Å². The second-order valence-electron chi connectivity index (χ2n) is 7.27. The first-order chi connectivity index (χ1) is 16.1. The van der Waals surface area contributed by atoms with Gasteiger partial charge in [0.05, 0.1) is 12.3 Å². The van der Waals surface area contributed by atoms with E-state index in [0.29, 0.717) is 6.54 Å². The summed E-state index contributed by atoms with van der Waals surface area (Å²) < 4.78 is 81.3. The summed E-state index contributed by atoms with van der Waals surface area (Å²) >= 11 is 5.31. The molecule has 1 aliphatic rings. The Labute approximate surface area is 197 Å². The number of hydrogen-bond acceptors (Lipinski definition) is 5. The summed E-state index contributed by atoms with van der Waals surface area (Å²) in [5.41, 5.74) is -0.0638. The Morgan fingerprint density at radius 3 is 2.56 bits per heavy atom. The van der Waals surface area contributed by atoms with Crippen LogP contribution in [0.1, 0.15) is 23.7 Å².